The molecular weight excluding hydrogens is 541 g/mol. The molecule has 0 spiro atoms. The highest BCUT2D eigenvalue weighted by Crippen LogP contribution is 2.67. The second kappa shape index (κ2) is 15.5. The number of benzene rings is 3. The second-order valence-electron chi connectivity index (χ2n) is 8.03. The lowest BCUT2D eigenvalue weighted by atomic mass is 10.2. The summed E-state index contributed by atoms with van der Waals surface area (Å²) in [5, 5.41) is 0. The summed E-state index contributed by atoms with van der Waals surface area (Å²) >= 11 is 0. The number of hydrogen-bond acceptors (Lipinski definition) is 8. The number of rotatable bonds is 15. The summed E-state index contributed by atoms with van der Waals surface area (Å²) in [5.74, 6) is 2.02. The lowest BCUT2D eigenvalue weighted by molar-refractivity contribution is 0.296. The molecule has 0 heterocycles. The Balaban J connectivity index is 2.07. The van der Waals surface area contributed by atoms with Gasteiger partial charge < -0.3 is 9.05 Å². The van der Waals surface area contributed by atoms with Gasteiger partial charge in [0.05, 0.1) is 13.2 Å². The van der Waals surface area contributed by atoms with Crippen LogP contribution >= 0.6 is 24.7 Å². The molecule has 0 fully saturated rings. The van der Waals surface area contributed by atoms with Gasteiger partial charge in [0.15, 0.2) is 11.5 Å². The van der Waals surface area contributed by atoms with Gasteiger partial charge in [0.25, 0.3) is 0 Å². The van der Waals surface area contributed by atoms with E-state index in [0.29, 0.717) is 37.1 Å². The number of para-hydroxylation sites is 3. The van der Waals surface area contributed by atoms with Gasteiger partial charge in [-0.05, 0) is 81.3 Å². The zero-order valence-corrected chi connectivity index (χ0v) is 25.5. The van der Waals surface area contributed by atoms with Crippen LogP contribution in [0.25, 0.3) is 0 Å². The van der Waals surface area contributed by atoms with Crippen LogP contribution in [0, 0.1) is 20.8 Å². The van der Waals surface area contributed by atoms with Crippen molar-refractivity contribution in [3.63, 3.8) is 0 Å². The fourth-order valence-corrected chi connectivity index (χ4v) is 8.97. The van der Waals surface area contributed by atoms with E-state index in [0.717, 1.165) is 16.7 Å². The van der Waals surface area contributed by atoms with Crippen LogP contribution in [0.2, 0.25) is 0 Å². The van der Waals surface area contributed by atoms with Gasteiger partial charge in [-0.15, -0.1) is 4.52 Å². The minimum Gasteiger partial charge on any atom is -0.434 e. The second-order valence-corrected chi connectivity index (χ2v) is 12.9. The quantitative estimate of drug-likeness (QED) is 0.180. The van der Waals surface area contributed by atoms with Crippen molar-refractivity contribution in [1.29, 1.82) is 0 Å². The summed E-state index contributed by atoms with van der Waals surface area (Å²) in [6, 6.07) is 23.2. The van der Waals surface area contributed by atoms with Crippen molar-refractivity contribution in [3.05, 3.63) is 89.5 Å². The molecule has 38 heavy (non-hydrogen) atoms. The van der Waals surface area contributed by atoms with Crippen LogP contribution in [0.3, 0.4) is 0 Å². The molecule has 0 saturated heterocycles. The average molecular weight is 579 g/mol. The van der Waals surface area contributed by atoms with Crippen molar-refractivity contribution >= 4 is 24.7 Å². The van der Waals surface area contributed by atoms with E-state index in [4.69, 9.17) is 31.7 Å². The molecule has 0 radical (unpaired) electrons. The molecule has 3 aromatic carbocycles. The molecule has 0 aromatic heterocycles. The lowest BCUT2D eigenvalue weighted by Crippen LogP contribution is -2.20. The Morgan fingerprint density at radius 3 is 1.82 bits per heavy atom. The van der Waals surface area contributed by atoms with Crippen LogP contribution in [0.5, 0.6) is 17.2 Å². The largest absolute Gasteiger partial charge is 0.660 e. The molecule has 3 rings (SSSR count). The van der Waals surface area contributed by atoms with Crippen molar-refractivity contribution in [2.24, 2.45) is 4.52 Å². The van der Waals surface area contributed by atoms with Crippen molar-refractivity contribution in [1.82, 2.24) is 4.86 Å². The average Bonchev–Trinajstić information content (AvgIpc) is 2.89. The summed E-state index contributed by atoms with van der Waals surface area (Å²) in [6.45, 7) is 12.8. The van der Waals surface area contributed by atoms with E-state index in [1.54, 1.807) is 0 Å². The van der Waals surface area contributed by atoms with Crippen LogP contribution in [0.15, 0.2) is 77.3 Å². The highest BCUT2D eigenvalue weighted by Gasteiger charge is 2.57. The first kappa shape index (κ1) is 30.4. The molecule has 0 amide bonds. The molecule has 0 saturated carbocycles. The predicted molar refractivity (Wildman–Crippen MR) is 157 cm³/mol. The van der Waals surface area contributed by atoms with E-state index < -0.39 is 24.7 Å². The number of nitrogens with zero attached hydrogens (tertiary/aromatic N) is 1. The molecule has 0 aliphatic carbocycles. The van der Waals surface area contributed by atoms with E-state index in [9.17, 15) is 0 Å². The van der Waals surface area contributed by atoms with Crippen LogP contribution in [0.4, 0.5) is 0 Å². The van der Waals surface area contributed by atoms with Crippen molar-refractivity contribution in [2.45, 2.75) is 41.5 Å². The van der Waals surface area contributed by atoms with E-state index >= 15 is 0 Å². The Kier molecular flexibility index (Phi) is 12.4. The minimum absolute atomic E-state index is 0.329. The van der Waals surface area contributed by atoms with E-state index in [2.05, 4.69) is 4.86 Å². The van der Waals surface area contributed by atoms with Crippen LogP contribution < -0.4 is 18.4 Å². The normalized spacial score (nSPS) is 14.0. The van der Waals surface area contributed by atoms with Gasteiger partial charge in [-0.25, -0.2) is 4.52 Å². The maximum Gasteiger partial charge on any atom is 0.660 e. The van der Waals surface area contributed by atoms with Gasteiger partial charge in [-0.2, -0.15) is 4.52 Å². The summed E-state index contributed by atoms with van der Waals surface area (Å²) in [7, 11) is -6.80. The zero-order chi connectivity index (χ0) is 27.4. The van der Waals surface area contributed by atoms with Crippen LogP contribution in [0.1, 0.15) is 37.5 Å². The smallest absolute Gasteiger partial charge is 0.434 e. The lowest BCUT2D eigenvalue weighted by Gasteiger charge is -2.22. The van der Waals surface area contributed by atoms with Gasteiger partial charge in [-0.1, -0.05) is 54.6 Å². The SMILES string of the molecule is CCOP(N[P+](N=[P+](OCC)Oc1ccccc1C)(OCC)Oc1ccccc1C)Oc1ccccc1C. The third kappa shape index (κ3) is 8.97. The van der Waals surface area contributed by atoms with Gasteiger partial charge in [0, 0.05) is 0 Å². The van der Waals surface area contributed by atoms with Gasteiger partial charge in [-0.3, -0.25) is 4.52 Å². The third-order valence-electron chi connectivity index (χ3n) is 5.05. The molecule has 0 bridgehead atoms. The van der Waals surface area contributed by atoms with E-state index in [1.165, 1.54) is 0 Å². The maximum absolute atomic E-state index is 6.59. The first-order chi connectivity index (χ1) is 18.4. The fourth-order valence-electron chi connectivity index (χ4n) is 3.17. The highest BCUT2D eigenvalue weighted by molar-refractivity contribution is 7.75. The fraction of sp³-hybridized carbons (Fsp3) is 0.333. The van der Waals surface area contributed by atoms with Crippen LogP contribution in [-0.2, 0) is 13.6 Å². The zero-order valence-electron chi connectivity index (χ0n) is 22.8. The molecule has 3 unspecified atom stereocenters. The number of hydrogen-bond donors (Lipinski definition) is 1. The number of aryl methyl sites for hydroxylation is 3. The summed E-state index contributed by atoms with van der Waals surface area (Å²) in [4.78, 5) is 3.39. The summed E-state index contributed by atoms with van der Waals surface area (Å²) in [6.07, 6.45) is 0. The van der Waals surface area contributed by atoms with E-state index in [1.807, 2.05) is 114 Å². The Bertz CT molecular complexity index is 1200. The van der Waals surface area contributed by atoms with E-state index in [-0.39, 0.29) is 0 Å². The Morgan fingerprint density at radius 2 is 1.29 bits per heavy atom. The van der Waals surface area contributed by atoms with Crippen LogP contribution in [-0.4, -0.2) is 19.8 Å². The Hall–Kier alpha value is -2.14. The first-order valence-electron chi connectivity index (χ1n) is 12.5. The minimum atomic E-state index is -3.29. The monoisotopic (exact) mass is 578 g/mol. The third-order valence-corrected chi connectivity index (χ3v) is 11.0. The molecule has 204 valence electrons. The van der Waals surface area contributed by atoms with Crippen molar-refractivity contribution in [3.8, 4) is 17.2 Å². The Morgan fingerprint density at radius 1 is 0.737 bits per heavy atom. The molecule has 3 atom stereocenters. The maximum atomic E-state index is 6.59. The molecular formula is C27H37N2O6P3+2. The van der Waals surface area contributed by atoms with Gasteiger partial charge >= 0.3 is 24.7 Å². The summed E-state index contributed by atoms with van der Waals surface area (Å²) in [5.41, 5.74) is 2.90. The molecule has 0 aliphatic rings. The highest BCUT2D eigenvalue weighted by atomic mass is 31.3. The molecule has 8 nitrogen and oxygen atoms in total. The number of nitrogens with one attached hydrogen (secondary N) is 1. The molecule has 1 N–H and O–H groups in total. The van der Waals surface area contributed by atoms with Crippen molar-refractivity contribution < 1.29 is 27.1 Å². The van der Waals surface area contributed by atoms with Gasteiger partial charge in [0.1, 0.15) is 12.4 Å². The summed E-state index contributed by atoms with van der Waals surface area (Å²) < 4.78 is 42.4. The molecule has 3 aromatic rings. The predicted octanol–water partition coefficient (Wildman–Crippen LogP) is 9.25. The molecule has 11 heteroatoms. The standard InChI is InChI=1S/C27H37N2O6P3/c1-7-30-36(33-25-19-13-10-16-22(25)4)28-38(32-9-3,35-27-21-15-12-18-24(27)6)29-37(31-8-2)34-26-20-14-11-17-23(26)5/h10-21,28H,7-9H2,1-6H3/q+2. The first-order valence-corrected chi connectivity index (χ1v) is 16.4. The topological polar surface area (TPSA) is 79.8 Å². The van der Waals surface area contributed by atoms with Crippen molar-refractivity contribution in [2.75, 3.05) is 19.8 Å². The Labute approximate surface area is 229 Å². The van der Waals surface area contributed by atoms with Gasteiger partial charge in [0.2, 0.25) is 4.52 Å². The molecule has 0 aliphatic heterocycles.